The largest absolute Gasteiger partial charge is 0.468 e. The van der Waals surface area contributed by atoms with E-state index in [0.717, 1.165) is 11.4 Å². The van der Waals surface area contributed by atoms with Crippen LogP contribution in [0.3, 0.4) is 0 Å². The lowest BCUT2D eigenvalue weighted by Gasteiger charge is -2.45. The molecule has 1 unspecified atom stereocenters. The standard InChI is InChI=1S/C17H23N3O3/c1-3-14(15(21)23-2)20-10-8-17(9-11-20)16(22)18-12-6-4-5-7-13(12)19-17/h4-7,14,19H,3,8-11H2,1-2H3,(H,18,22). The number of benzene rings is 1. The average molecular weight is 317 g/mol. The first-order valence-electron chi connectivity index (χ1n) is 8.10. The Hall–Kier alpha value is -2.08. The van der Waals surface area contributed by atoms with Crippen molar-refractivity contribution in [2.75, 3.05) is 30.8 Å². The van der Waals surface area contributed by atoms with E-state index in [1.807, 2.05) is 31.2 Å². The number of amides is 1. The predicted octanol–water partition coefficient (Wildman–Crippen LogP) is 1.84. The Morgan fingerprint density at radius 2 is 1.96 bits per heavy atom. The lowest BCUT2D eigenvalue weighted by molar-refractivity contribution is -0.147. The molecule has 0 aromatic heterocycles. The molecular formula is C17H23N3O3. The summed E-state index contributed by atoms with van der Waals surface area (Å²) in [6, 6.07) is 7.51. The lowest BCUT2D eigenvalue weighted by atomic mass is 9.83. The number of likely N-dealkylation sites (tertiary alicyclic amines) is 1. The van der Waals surface area contributed by atoms with Gasteiger partial charge in [-0.1, -0.05) is 19.1 Å². The maximum Gasteiger partial charge on any atom is 0.323 e. The van der Waals surface area contributed by atoms with Crippen LogP contribution < -0.4 is 10.6 Å². The van der Waals surface area contributed by atoms with Gasteiger partial charge < -0.3 is 15.4 Å². The van der Waals surface area contributed by atoms with Gasteiger partial charge in [0.05, 0.1) is 18.5 Å². The first-order valence-corrected chi connectivity index (χ1v) is 8.10. The van der Waals surface area contributed by atoms with E-state index >= 15 is 0 Å². The summed E-state index contributed by atoms with van der Waals surface area (Å²) < 4.78 is 4.89. The smallest absolute Gasteiger partial charge is 0.323 e. The van der Waals surface area contributed by atoms with Crippen molar-refractivity contribution in [3.63, 3.8) is 0 Å². The summed E-state index contributed by atoms with van der Waals surface area (Å²) >= 11 is 0. The SMILES string of the molecule is CCC(C(=O)OC)N1CCC2(CC1)Nc1ccccc1NC2=O. The molecule has 2 aliphatic rings. The molecular weight excluding hydrogens is 294 g/mol. The highest BCUT2D eigenvalue weighted by Gasteiger charge is 2.45. The molecule has 1 spiro atoms. The van der Waals surface area contributed by atoms with Crippen molar-refractivity contribution in [2.24, 2.45) is 0 Å². The maximum absolute atomic E-state index is 12.6. The van der Waals surface area contributed by atoms with Gasteiger partial charge in [0.15, 0.2) is 0 Å². The van der Waals surface area contributed by atoms with Gasteiger partial charge in [0.2, 0.25) is 5.91 Å². The molecule has 0 saturated carbocycles. The quantitative estimate of drug-likeness (QED) is 0.833. The van der Waals surface area contributed by atoms with E-state index in [1.165, 1.54) is 7.11 Å². The van der Waals surface area contributed by atoms with Crippen LogP contribution in [-0.4, -0.2) is 48.6 Å². The third kappa shape index (κ3) is 2.79. The van der Waals surface area contributed by atoms with Gasteiger partial charge in [-0.05, 0) is 31.4 Å². The molecule has 2 heterocycles. The Kier molecular flexibility index (Phi) is 4.26. The number of ether oxygens (including phenoxy) is 1. The lowest BCUT2D eigenvalue weighted by Crippen LogP contribution is -2.60. The third-order valence-corrected chi connectivity index (χ3v) is 4.94. The molecule has 2 N–H and O–H groups in total. The van der Waals surface area contributed by atoms with Crippen LogP contribution in [0.5, 0.6) is 0 Å². The van der Waals surface area contributed by atoms with Gasteiger partial charge in [-0.15, -0.1) is 0 Å². The van der Waals surface area contributed by atoms with E-state index in [0.29, 0.717) is 32.4 Å². The Morgan fingerprint density at radius 3 is 2.57 bits per heavy atom. The van der Waals surface area contributed by atoms with Crippen LogP contribution in [0.15, 0.2) is 24.3 Å². The van der Waals surface area contributed by atoms with Gasteiger partial charge in [-0.3, -0.25) is 14.5 Å². The zero-order chi connectivity index (χ0) is 16.4. The molecule has 0 bridgehead atoms. The number of carbonyl (C=O) groups excluding carboxylic acids is 2. The number of piperidine rings is 1. The van der Waals surface area contributed by atoms with E-state index in [1.54, 1.807) is 0 Å². The minimum absolute atomic E-state index is 0.0157. The third-order valence-electron chi connectivity index (χ3n) is 4.94. The molecule has 1 aromatic rings. The number of fused-ring (bicyclic) bond motifs is 1. The summed E-state index contributed by atoms with van der Waals surface area (Å²) in [7, 11) is 1.42. The van der Waals surface area contributed by atoms with Crippen molar-refractivity contribution in [3.05, 3.63) is 24.3 Å². The van der Waals surface area contributed by atoms with Crippen LogP contribution in [0.25, 0.3) is 0 Å². The number of carbonyl (C=O) groups is 2. The second-order valence-electron chi connectivity index (χ2n) is 6.19. The number of hydrogen-bond acceptors (Lipinski definition) is 5. The van der Waals surface area contributed by atoms with Crippen molar-refractivity contribution >= 4 is 23.3 Å². The second-order valence-corrected chi connectivity index (χ2v) is 6.19. The molecule has 3 rings (SSSR count). The summed E-state index contributed by atoms with van der Waals surface area (Å²) in [5, 5.41) is 6.43. The van der Waals surface area contributed by atoms with Crippen molar-refractivity contribution in [3.8, 4) is 0 Å². The topological polar surface area (TPSA) is 70.7 Å². The summed E-state index contributed by atoms with van der Waals surface area (Å²) in [5.41, 5.74) is 1.20. The number of anilines is 2. The zero-order valence-electron chi connectivity index (χ0n) is 13.6. The predicted molar refractivity (Wildman–Crippen MR) is 88.3 cm³/mol. The van der Waals surface area contributed by atoms with Gasteiger partial charge in [0.25, 0.3) is 0 Å². The van der Waals surface area contributed by atoms with Gasteiger partial charge >= 0.3 is 5.97 Å². The van der Waals surface area contributed by atoms with Crippen LogP contribution >= 0.6 is 0 Å². The van der Waals surface area contributed by atoms with E-state index < -0.39 is 5.54 Å². The summed E-state index contributed by atoms with van der Waals surface area (Å²) in [6.45, 7) is 3.36. The van der Waals surface area contributed by atoms with Crippen LogP contribution in [-0.2, 0) is 14.3 Å². The molecule has 0 radical (unpaired) electrons. The van der Waals surface area contributed by atoms with Crippen molar-refractivity contribution in [1.82, 2.24) is 4.90 Å². The summed E-state index contributed by atoms with van der Waals surface area (Å²) in [5.74, 6) is -0.184. The first-order chi connectivity index (χ1) is 11.1. The second kappa shape index (κ2) is 6.20. The van der Waals surface area contributed by atoms with Crippen molar-refractivity contribution in [2.45, 2.75) is 37.8 Å². The van der Waals surface area contributed by atoms with Crippen LogP contribution in [0.4, 0.5) is 11.4 Å². The van der Waals surface area contributed by atoms with Gasteiger partial charge in [0.1, 0.15) is 11.6 Å². The van der Waals surface area contributed by atoms with Crippen LogP contribution in [0, 0.1) is 0 Å². The minimum Gasteiger partial charge on any atom is -0.468 e. The fraction of sp³-hybridized carbons (Fsp3) is 0.529. The fourth-order valence-electron chi connectivity index (χ4n) is 3.54. The molecule has 0 aliphatic carbocycles. The fourth-order valence-corrected chi connectivity index (χ4v) is 3.54. The first kappa shape index (κ1) is 15.8. The molecule has 1 amide bonds. The number of rotatable bonds is 3. The van der Waals surface area contributed by atoms with E-state index in [2.05, 4.69) is 15.5 Å². The monoisotopic (exact) mass is 317 g/mol. The van der Waals surface area contributed by atoms with Crippen molar-refractivity contribution in [1.29, 1.82) is 0 Å². The molecule has 1 atom stereocenters. The molecule has 1 aromatic carbocycles. The van der Waals surface area contributed by atoms with E-state index in [4.69, 9.17) is 4.74 Å². The number of para-hydroxylation sites is 2. The number of methoxy groups -OCH3 is 1. The molecule has 23 heavy (non-hydrogen) atoms. The Labute approximate surface area is 136 Å². The molecule has 2 aliphatic heterocycles. The molecule has 6 nitrogen and oxygen atoms in total. The van der Waals surface area contributed by atoms with E-state index in [9.17, 15) is 9.59 Å². The molecule has 1 fully saturated rings. The highest BCUT2D eigenvalue weighted by Crippen LogP contribution is 2.36. The zero-order valence-corrected chi connectivity index (χ0v) is 13.6. The maximum atomic E-state index is 12.6. The number of esters is 1. The Bertz CT molecular complexity index is 609. The van der Waals surface area contributed by atoms with Gasteiger partial charge in [-0.2, -0.15) is 0 Å². The van der Waals surface area contributed by atoms with Crippen LogP contribution in [0.1, 0.15) is 26.2 Å². The number of nitrogens with zero attached hydrogens (tertiary/aromatic N) is 1. The number of hydrogen-bond donors (Lipinski definition) is 2. The Balaban J connectivity index is 1.73. The highest BCUT2D eigenvalue weighted by atomic mass is 16.5. The summed E-state index contributed by atoms with van der Waals surface area (Å²) in [6.07, 6.45) is 2.05. The average Bonchev–Trinajstić information content (AvgIpc) is 2.58. The molecule has 124 valence electrons. The van der Waals surface area contributed by atoms with Gasteiger partial charge in [0, 0.05) is 13.1 Å². The summed E-state index contributed by atoms with van der Waals surface area (Å²) in [4.78, 5) is 26.6. The van der Waals surface area contributed by atoms with Crippen LogP contribution in [0.2, 0.25) is 0 Å². The van der Waals surface area contributed by atoms with E-state index in [-0.39, 0.29) is 17.9 Å². The number of nitrogens with one attached hydrogen (secondary N) is 2. The van der Waals surface area contributed by atoms with Gasteiger partial charge in [-0.25, -0.2) is 0 Å². The normalized spacial score (nSPS) is 21.0. The van der Waals surface area contributed by atoms with Crippen molar-refractivity contribution < 1.29 is 14.3 Å². The molecule has 1 saturated heterocycles. The highest BCUT2D eigenvalue weighted by molar-refractivity contribution is 6.06. The Morgan fingerprint density at radius 1 is 1.30 bits per heavy atom. The minimum atomic E-state index is -0.584. The molecule has 6 heteroatoms.